The summed E-state index contributed by atoms with van der Waals surface area (Å²) in [6.07, 6.45) is 17.6. The van der Waals surface area contributed by atoms with Crippen molar-refractivity contribution in [3.05, 3.63) is 0 Å². The molecule has 0 rings (SSSR count). The number of sulfone groups is 1. The summed E-state index contributed by atoms with van der Waals surface area (Å²) < 4.78 is 23.1. The lowest BCUT2D eigenvalue weighted by atomic mass is 10.0. The number of carbonyl (C=O) groups excluding carboxylic acids is 1. The highest BCUT2D eigenvalue weighted by Gasteiger charge is 2.12. The molecule has 3 nitrogen and oxygen atoms in total. The molecular formula is C19H38O3S. The van der Waals surface area contributed by atoms with Crippen LogP contribution >= 0.6 is 0 Å². The van der Waals surface area contributed by atoms with Crippen LogP contribution in [0.25, 0.3) is 0 Å². The first kappa shape index (κ1) is 22.6. The van der Waals surface area contributed by atoms with Crippen molar-refractivity contribution in [2.45, 2.75) is 104 Å². The Morgan fingerprint density at radius 2 is 1.00 bits per heavy atom. The first-order valence-corrected chi connectivity index (χ1v) is 11.5. The lowest BCUT2D eigenvalue weighted by molar-refractivity contribution is -0.114. The third-order valence-corrected chi connectivity index (χ3v) is 5.99. The SMILES string of the molecule is CCCCCCCCCCCCCCCCS(=O)(=O)CC(C)=O. The molecule has 0 aliphatic heterocycles. The van der Waals surface area contributed by atoms with Gasteiger partial charge >= 0.3 is 0 Å². The molecule has 0 unspecified atom stereocenters. The topological polar surface area (TPSA) is 51.2 Å². The van der Waals surface area contributed by atoms with Crippen LogP contribution in [0, 0.1) is 0 Å². The molecule has 0 radical (unpaired) electrons. The van der Waals surface area contributed by atoms with E-state index < -0.39 is 9.84 Å². The predicted octanol–water partition coefficient (Wildman–Crippen LogP) is 5.47. The van der Waals surface area contributed by atoms with Crippen molar-refractivity contribution in [2.75, 3.05) is 11.5 Å². The lowest BCUT2D eigenvalue weighted by Gasteiger charge is -2.04. The first-order chi connectivity index (χ1) is 11.0. The number of carbonyl (C=O) groups is 1. The van der Waals surface area contributed by atoms with E-state index in [1.165, 1.54) is 77.6 Å². The normalized spacial score (nSPS) is 11.7. The number of rotatable bonds is 17. The monoisotopic (exact) mass is 346 g/mol. The minimum atomic E-state index is -3.15. The van der Waals surface area contributed by atoms with E-state index in [0.29, 0.717) is 6.42 Å². The maximum atomic E-state index is 11.5. The average Bonchev–Trinajstić information content (AvgIpc) is 2.46. The van der Waals surface area contributed by atoms with Gasteiger partial charge < -0.3 is 0 Å². The highest BCUT2D eigenvalue weighted by atomic mass is 32.2. The fraction of sp³-hybridized carbons (Fsp3) is 0.947. The Kier molecular flexibility index (Phi) is 14.9. The van der Waals surface area contributed by atoms with Crippen LogP contribution in [0.4, 0.5) is 0 Å². The van der Waals surface area contributed by atoms with E-state index in [2.05, 4.69) is 6.92 Å². The third-order valence-electron chi connectivity index (χ3n) is 4.23. The third kappa shape index (κ3) is 17.8. The Balaban J connectivity index is 3.23. The summed E-state index contributed by atoms with van der Waals surface area (Å²) in [7, 11) is -3.15. The van der Waals surface area contributed by atoms with Gasteiger partial charge in [0, 0.05) is 0 Å². The molecule has 0 amide bonds. The quantitative estimate of drug-likeness (QED) is 0.328. The molecule has 0 aliphatic carbocycles. The Morgan fingerprint density at radius 3 is 1.35 bits per heavy atom. The summed E-state index contributed by atoms with van der Waals surface area (Å²) in [6.45, 7) is 3.59. The Bertz CT molecular complexity index is 374. The van der Waals surface area contributed by atoms with Gasteiger partial charge in [-0.15, -0.1) is 0 Å². The maximum absolute atomic E-state index is 11.5. The van der Waals surface area contributed by atoms with E-state index in [1.807, 2.05) is 0 Å². The minimum absolute atomic E-state index is 0.171. The summed E-state index contributed by atoms with van der Waals surface area (Å²) >= 11 is 0. The van der Waals surface area contributed by atoms with Gasteiger partial charge in [-0.1, -0.05) is 90.4 Å². The van der Waals surface area contributed by atoms with Gasteiger partial charge in [0.2, 0.25) is 0 Å². The van der Waals surface area contributed by atoms with Gasteiger partial charge in [-0.2, -0.15) is 0 Å². The van der Waals surface area contributed by atoms with Crippen LogP contribution in [-0.4, -0.2) is 25.7 Å². The van der Waals surface area contributed by atoms with Crippen LogP contribution in [0.3, 0.4) is 0 Å². The van der Waals surface area contributed by atoms with E-state index in [0.717, 1.165) is 12.8 Å². The van der Waals surface area contributed by atoms with Crippen molar-refractivity contribution in [2.24, 2.45) is 0 Å². The molecule has 0 aliphatic rings. The van der Waals surface area contributed by atoms with E-state index in [1.54, 1.807) is 0 Å². The predicted molar refractivity (Wildman–Crippen MR) is 99.6 cm³/mol. The van der Waals surface area contributed by atoms with E-state index in [-0.39, 0.29) is 17.3 Å². The van der Waals surface area contributed by atoms with Crippen molar-refractivity contribution < 1.29 is 13.2 Å². The second-order valence-electron chi connectivity index (χ2n) is 6.89. The van der Waals surface area contributed by atoms with Crippen molar-refractivity contribution in [1.29, 1.82) is 0 Å². The second kappa shape index (κ2) is 15.2. The first-order valence-electron chi connectivity index (χ1n) is 9.68. The summed E-state index contributed by atoms with van der Waals surface area (Å²) in [5, 5.41) is 0. The molecule has 0 fully saturated rings. The largest absolute Gasteiger partial charge is 0.299 e. The summed E-state index contributed by atoms with van der Waals surface area (Å²) in [6, 6.07) is 0. The van der Waals surface area contributed by atoms with Crippen LogP contribution in [0.15, 0.2) is 0 Å². The van der Waals surface area contributed by atoms with Gasteiger partial charge in [-0.25, -0.2) is 8.42 Å². The molecular weight excluding hydrogens is 308 g/mol. The van der Waals surface area contributed by atoms with Gasteiger partial charge in [-0.3, -0.25) is 4.79 Å². The molecule has 0 saturated carbocycles. The zero-order chi connectivity index (χ0) is 17.4. The lowest BCUT2D eigenvalue weighted by Crippen LogP contribution is -2.16. The van der Waals surface area contributed by atoms with Crippen LogP contribution in [-0.2, 0) is 14.6 Å². The zero-order valence-corrected chi connectivity index (χ0v) is 16.3. The zero-order valence-electron chi connectivity index (χ0n) is 15.4. The van der Waals surface area contributed by atoms with Gasteiger partial charge in [0.1, 0.15) is 11.5 Å². The van der Waals surface area contributed by atoms with Crippen LogP contribution < -0.4 is 0 Å². The molecule has 4 heteroatoms. The maximum Gasteiger partial charge on any atom is 0.157 e. The fourth-order valence-corrected chi connectivity index (χ4v) is 4.31. The molecule has 0 atom stereocenters. The number of ketones is 1. The molecule has 0 saturated heterocycles. The average molecular weight is 347 g/mol. The number of hydrogen-bond acceptors (Lipinski definition) is 3. The molecule has 23 heavy (non-hydrogen) atoms. The van der Waals surface area contributed by atoms with Crippen molar-refractivity contribution in [3.63, 3.8) is 0 Å². The summed E-state index contributed by atoms with van der Waals surface area (Å²) in [5.41, 5.74) is 0. The molecule has 0 aromatic carbocycles. The van der Waals surface area contributed by atoms with Gasteiger partial charge in [-0.05, 0) is 13.3 Å². The van der Waals surface area contributed by atoms with E-state index in [4.69, 9.17) is 0 Å². The van der Waals surface area contributed by atoms with Crippen LogP contribution in [0.1, 0.15) is 104 Å². The Labute approximate surface area is 144 Å². The molecule has 0 heterocycles. The Hall–Kier alpha value is -0.380. The summed E-state index contributed by atoms with van der Waals surface area (Å²) in [4.78, 5) is 10.8. The van der Waals surface area contributed by atoms with E-state index >= 15 is 0 Å². The van der Waals surface area contributed by atoms with Gasteiger partial charge in [0.15, 0.2) is 9.84 Å². The highest BCUT2D eigenvalue weighted by molar-refractivity contribution is 7.92. The molecule has 0 bridgehead atoms. The molecule has 0 aromatic heterocycles. The van der Waals surface area contributed by atoms with Crippen molar-refractivity contribution in [3.8, 4) is 0 Å². The van der Waals surface area contributed by atoms with Crippen LogP contribution in [0.5, 0.6) is 0 Å². The van der Waals surface area contributed by atoms with Crippen LogP contribution in [0.2, 0.25) is 0 Å². The molecule has 0 N–H and O–H groups in total. The number of Topliss-reactive ketones (excluding diaryl/α,β-unsaturated/α-hetero) is 1. The standard InChI is InChI=1S/C19H38O3S/c1-3-4-5-6-7-8-9-10-11-12-13-14-15-16-17-23(21,22)18-19(2)20/h3-18H2,1-2H3. The molecule has 138 valence electrons. The number of hydrogen-bond donors (Lipinski definition) is 0. The van der Waals surface area contributed by atoms with Gasteiger partial charge in [0.25, 0.3) is 0 Å². The smallest absolute Gasteiger partial charge is 0.157 e. The van der Waals surface area contributed by atoms with E-state index in [9.17, 15) is 13.2 Å². The molecule has 0 aromatic rings. The Morgan fingerprint density at radius 1 is 0.652 bits per heavy atom. The van der Waals surface area contributed by atoms with Crippen molar-refractivity contribution >= 4 is 15.6 Å². The molecule has 0 spiro atoms. The highest BCUT2D eigenvalue weighted by Crippen LogP contribution is 2.13. The van der Waals surface area contributed by atoms with Gasteiger partial charge in [0.05, 0.1) is 5.75 Å². The van der Waals surface area contributed by atoms with Crippen molar-refractivity contribution in [1.82, 2.24) is 0 Å². The number of unbranched alkanes of at least 4 members (excludes halogenated alkanes) is 13. The second-order valence-corrected chi connectivity index (χ2v) is 9.07. The minimum Gasteiger partial charge on any atom is -0.299 e. The fourth-order valence-electron chi connectivity index (χ4n) is 2.90. The summed E-state index contributed by atoms with van der Waals surface area (Å²) in [5.74, 6) is -0.369.